The molecular weight excluding hydrogens is 907 g/mol. The number of aromatic nitrogens is 3. The number of aliphatic carboxylic acids is 1. The topological polar surface area (TPSA) is 301 Å². The second kappa shape index (κ2) is 30.9. The number of benzene rings is 1. The number of carbonyl (C=O) groups excluding carboxylic acids is 3. The number of rotatable bonds is 34. The third kappa shape index (κ3) is 22.3. The summed E-state index contributed by atoms with van der Waals surface area (Å²) in [7, 11) is 0. The number of aryl methyl sites for hydroxylation is 1. The van der Waals surface area contributed by atoms with Gasteiger partial charge in [0.15, 0.2) is 0 Å². The summed E-state index contributed by atoms with van der Waals surface area (Å²) in [5, 5.41) is 68.0. The van der Waals surface area contributed by atoms with E-state index in [4.69, 9.17) is 33.2 Å². The Labute approximate surface area is 394 Å². The normalized spacial score (nSPS) is 19.4. The first kappa shape index (κ1) is 57.8. The van der Waals surface area contributed by atoms with Crippen LogP contribution in [-0.2, 0) is 67.1 Å². The number of carboxylic acids is 1. The standard InChI is InChI=1S/C44H70F2N6O16/c1-43(2,3)68-42(61)47-14-17-62-18-19-63-20-21-64-22-23-65-29-32-27-52(51-50-32)15-8-6-4-5-7-9-16-66-44(41(59)60)25-33(54)37(49-36(57)28-53)39(67-44)38(58)34(55)26-48-35(56)24-30-10-12-31(13-11-30)40(45)46/h10-13,27,33-34,37-40,53-55,58H,4-9,14-26,28-29H2,1-3H3,(H,47,61)(H,48,56)(H,49,57)(H,59,60)/t33-,34+,37+,38+,39+,44+/m0/s1. The lowest BCUT2D eigenvalue weighted by Gasteiger charge is -2.46. The number of alkyl halides is 2. The lowest BCUT2D eigenvalue weighted by molar-refractivity contribution is -0.310. The molecule has 1 aromatic heterocycles. The fourth-order valence-corrected chi connectivity index (χ4v) is 6.74. The summed E-state index contributed by atoms with van der Waals surface area (Å²) in [6, 6.07) is 3.55. The Balaban J connectivity index is 1.28. The van der Waals surface area contributed by atoms with Crippen molar-refractivity contribution in [3.8, 4) is 0 Å². The number of aliphatic hydroxyl groups excluding tert-OH is 4. The van der Waals surface area contributed by atoms with Crippen LogP contribution in [0.2, 0.25) is 0 Å². The summed E-state index contributed by atoms with van der Waals surface area (Å²) in [5.41, 5.74) is 0.317. The van der Waals surface area contributed by atoms with E-state index in [0.29, 0.717) is 83.4 Å². The van der Waals surface area contributed by atoms with Crippen LogP contribution in [0, 0.1) is 0 Å². The Kier molecular flexibility index (Phi) is 26.3. The van der Waals surface area contributed by atoms with Gasteiger partial charge < -0.3 is 74.6 Å². The van der Waals surface area contributed by atoms with E-state index in [-0.39, 0.29) is 25.2 Å². The molecule has 68 heavy (non-hydrogen) atoms. The van der Waals surface area contributed by atoms with Gasteiger partial charge in [0.1, 0.15) is 30.1 Å². The third-order valence-corrected chi connectivity index (χ3v) is 10.2. The minimum atomic E-state index is -2.68. The van der Waals surface area contributed by atoms with Crippen molar-refractivity contribution >= 4 is 23.9 Å². The van der Waals surface area contributed by atoms with Crippen LogP contribution < -0.4 is 16.0 Å². The zero-order valence-electron chi connectivity index (χ0n) is 39.0. The van der Waals surface area contributed by atoms with E-state index in [2.05, 4.69) is 26.3 Å². The van der Waals surface area contributed by atoms with Gasteiger partial charge >= 0.3 is 12.1 Å². The average Bonchev–Trinajstić information content (AvgIpc) is 3.74. The first-order valence-corrected chi connectivity index (χ1v) is 22.7. The van der Waals surface area contributed by atoms with E-state index < -0.39 is 91.7 Å². The van der Waals surface area contributed by atoms with Crippen LogP contribution in [0.1, 0.15) is 89.0 Å². The molecule has 386 valence electrons. The lowest BCUT2D eigenvalue weighted by atomic mass is 9.88. The molecule has 3 amide bonds. The number of hydrogen-bond acceptors (Lipinski definition) is 17. The molecule has 3 rings (SSSR count). The minimum Gasteiger partial charge on any atom is -0.477 e. The monoisotopic (exact) mass is 976 g/mol. The van der Waals surface area contributed by atoms with Crippen LogP contribution in [0.3, 0.4) is 0 Å². The summed E-state index contributed by atoms with van der Waals surface area (Å²) in [4.78, 5) is 48.8. The molecule has 1 aromatic carbocycles. The molecule has 0 unspecified atom stereocenters. The van der Waals surface area contributed by atoms with Gasteiger partial charge in [-0.15, -0.1) is 5.10 Å². The molecule has 24 heteroatoms. The summed E-state index contributed by atoms with van der Waals surface area (Å²) < 4.78 is 66.1. The Morgan fingerprint density at radius 2 is 1.49 bits per heavy atom. The predicted molar refractivity (Wildman–Crippen MR) is 235 cm³/mol. The smallest absolute Gasteiger partial charge is 0.407 e. The van der Waals surface area contributed by atoms with Crippen molar-refractivity contribution in [3.05, 3.63) is 47.3 Å². The molecular formula is C44H70F2N6O16. The Bertz CT molecular complexity index is 1770. The van der Waals surface area contributed by atoms with Crippen LogP contribution in [0.25, 0.3) is 0 Å². The number of amides is 3. The van der Waals surface area contributed by atoms with Gasteiger partial charge in [-0.3, -0.25) is 14.3 Å². The lowest BCUT2D eigenvalue weighted by Crippen LogP contribution is -2.68. The van der Waals surface area contributed by atoms with Crippen molar-refractivity contribution in [1.29, 1.82) is 0 Å². The average molecular weight is 977 g/mol. The molecule has 22 nitrogen and oxygen atoms in total. The molecule has 6 atom stereocenters. The van der Waals surface area contributed by atoms with E-state index in [1.807, 2.05) is 6.20 Å². The molecule has 1 aliphatic rings. The summed E-state index contributed by atoms with van der Waals surface area (Å²) in [6.45, 7) is 7.66. The molecule has 1 fully saturated rings. The maximum atomic E-state index is 12.9. The number of nitrogens with one attached hydrogen (secondary N) is 3. The van der Waals surface area contributed by atoms with E-state index in [1.54, 1.807) is 25.5 Å². The number of unbranched alkanes of at least 4 members (excludes halogenated alkanes) is 5. The fraction of sp³-hybridized carbons (Fsp3) is 0.727. The van der Waals surface area contributed by atoms with Crippen molar-refractivity contribution in [2.45, 2.75) is 134 Å². The van der Waals surface area contributed by atoms with Gasteiger partial charge in [0.25, 0.3) is 12.2 Å². The molecule has 0 radical (unpaired) electrons. The van der Waals surface area contributed by atoms with Crippen molar-refractivity contribution < 1.29 is 86.6 Å². The second-order valence-electron chi connectivity index (χ2n) is 17.0. The number of aliphatic hydroxyl groups is 4. The number of carboxylic acid groups (broad SMARTS) is 1. The maximum absolute atomic E-state index is 12.9. The molecule has 1 aliphatic heterocycles. The highest BCUT2D eigenvalue weighted by atomic mass is 19.3. The molecule has 1 saturated heterocycles. The van der Waals surface area contributed by atoms with Gasteiger partial charge in [-0.25, -0.2) is 18.4 Å². The van der Waals surface area contributed by atoms with Crippen LogP contribution in [0.15, 0.2) is 30.5 Å². The van der Waals surface area contributed by atoms with Gasteiger partial charge in [0.05, 0.1) is 90.3 Å². The number of ether oxygens (including phenoxy) is 7. The fourth-order valence-electron chi connectivity index (χ4n) is 6.74. The summed E-state index contributed by atoms with van der Waals surface area (Å²) >= 11 is 0. The van der Waals surface area contributed by atoms with Gasteiger partial charge in [-0.1, -0.05) is 55.2 Å². The Morgan fingerprint density at radius 1 is 0.868 bits per heavy atom. The van der Waals surface area contributed by atoms with E-state index in [0.717, 1.165) is 25.7 Å². The van der Waals surface area contributed by atoms with Crippen molar-refractivity contribution in [2.75, 3.05) is 72.6 Å². The zero-order chi connectivity index (χ0) is 50.0. The number of carbonyl (C=O) groups is 4. The van der Waals surface area contributed by atoms with Crippen molar-refractivity contribution in [2.24, 2.45) is 0 Å². The highest BCUT2D eigenvalue weighted by Crippen LogP contribution is 2.34. The first-order valence-electron chi connectivity index (χ1n) is 22.7. The first-order chi connectivity index (χ1) is 32.4. The largest absolute Gasteiger partial charge is 0.477 e. The van der Waals surface area contributed by atoms with E-state index in [1.165, 1.54) is 24.3 Å². The Hall–Kier alpha value is -4.50. The second-order valence-corrected chi connectivity index (χ2v) is 17.0. The molecule has 0 aliphatic carbocycles. The van der Waals surface area contributed by atoms with Crippen molar-refractivity contribution in [1.82, 2.24) is 30.9 Å². The molecule has 8 N–H and O–H groups in total. The van der Waals surface area contributed by atoms with Crippen LogP contribution >= 0.6 is 0 Å². The number of nitrogens with zero attached hydrogens (tertiary/aromatic N) is 3. The molecule has 0 saturated carbocycles. The Morgan fingerprint density at radius 3 is 2.10 bits per heavy atom. The number of halogens is 2. The van der Waals surface area contributed by atoms with Gasteiger partial charge in [-0.05, 0) is 39.2 Å². The summed E-state index contributed by atoms with van der Waals surface area (Å²) in [6.07, 6.45) is -5.01. The number of alkyl carbamates (subject to hydrolysis) is 1. The van der Waals surface area contributed by atoms with Crippen molar-refractivity contribution in [3.63, 3.8) is 0 Å². The molecule has 2 heterocycles. The minimum absolute atomic E-state index is 0.104. The molecule has 2 aromatic rings. The highest BCUT2D eigenvalue weighted by Gasteiger charge is 2.55. The van der Waals surface area contributed by atoms with Crippen LogP contribution in [0.4, 0.5) is 13.6 Å². The van der Waals surface area contributed by atoms with Crippen LogP contribution in [0.5, 0.6) is 0 Å². The maximum Gasteiger partial charge on any atom is 0.407 e. The van der Waals surface area contributed by atoms with Gasteiger partial charge in [0, 0.05) is 31.6 Å². The third-order valence-electron chi connectivity index (χ3n) is 10.2. The predicted octanol–water partition coefficient (Wildman–Crippen LogP) is 1.15. The van der Waals surface area contributed by atoms with Crippen LogP contribution in [-0.4, -0.2) is 179 Å². The van der Waals surface area contributed by atoms with Gasteiger partial charge in [-0.2, -0.15) is 0 Å². The number of hydrogen-bond donors (Lipinski definition) is 8. The van der Waals surface area contributed by atoms with E-state index >= 15 is 0 Å². The quantitative estimate of drug-likeness (QED) is 0.0456. The van der Waals surface area contributed by atoms with Gasteiger partial charge in [0.2, 0.25) is 11.8 Å². The molecule has 0 spiro atoms. The van der Waals surface area contributed by atoms with E-state index in [9.17, 15) is 53.5 Å². The highest BCUT2D eigenvalue weighted by molar-refractivity contribution is 5.79. The zero-order valence-corrected chi connectivity index (χ0v) is 39.0. The molecule has 0 bridgehead atoms. The summed E-state index contributed by atoms with van der Waals surface area (Å²) in [5.74, 6) is -5.71. The SMILES string of the molecule is CC(C)(C)OC(=O)NCCOCCOCCOCCOCc1cn(CCCCCCCCO[C@]2(C(=O)O)C[C@H](O)[C@@H](NC(=O)CO)[C@H]([C@H](O)[C@H](O)CNC(=O)Cc3ccc(C(F)F)cc3)O2)nn1.